The highest BCUT2D eigenvalue weighted by atomic mass is 32.2. The summed E-state index contributed by atoms with van der Waals surface area (Å²) in [5.74, 6) is -1.16. The highest BCUT2D eigenvalue weighted by Crippen LogP contribution is 2.43. The van der Waals surface area contributed by atoms with Crippen LogP contribution in [0.5, 0.6) is 0 Å². The molecule has 2 aromatic carbocycles. The van der Waals surface area contributed by atoms with E-state index >= 15 is 0 Å². The zero-order valence-electron chi connectivity index (χ0n) is 12.1. The lowest BCUT2D eigenvalue weighted by Crippen LogP contribution is -2.28. The Balaban J connectivity index is 2.06. The van der Waals surface area contributed by atoms with Crippen molar-refractivity contribution in [2.24, 2.45) is 0 Å². The fourth-order valence-electron chi connectivity index (χ4n) is 2.59. The van der Waals surface area contributed by atoms with Crippen LogP contribution in [0.4, 0.5) is 14.5 Å². The second kappa shape index (κ2) is 6.08. The number of benzene rings is 2. The van der Waals surface area contributed by atoms with E-state index in [4.69, 9.17) is 0 Å². The first-order valence-corrected chi connectivity index (χ1v) is 8.13. The fourth-order valence-corrected chi connectivity index (χ4v) is 3.81. The highest BCUT2D eigenvalue weighted by molar-refractivity contribution is 8.00. The second-order valence-electron chi connectivity index (χ2n) is 5.09. The topological polar surface area (TPSA) is 20.3 Å². The summed E-state index contributed by atoms with van der Waals surface area (Å²) in [5.41, 5.74) is 1.71. The Bertz CT molecular complexity index is 699. The normalized spacial score (nSPS) is 18.0. The highest BCUT2D eigenvalue weighted by Gasteiger charge is 2.37. The van der Waals surface area contributed by atoms with Gasteiger partial charge in [-0.25, -0.2) is 8.78 Å². The van der Waals surface area contributed by atoms with Crippen molar-refractivity contribution in [1.82, 2.24) is 0 Å². The van der Waals surface area contributed by atoms with Crippen molar-refractivity contribution in [2.75, 3.05) is 10.7 Å². The molecule has 0 aliphatic carbocycles. The number of rotatable bonds is 3. The first-order valence-electron chi connectivity index (χ1n) is 7.08. The first-order chi connectivity index (χ1) is 10.6. The number of thioether (sulfide) groups is 1. The summed E-state index contributed by atoms with van der Waals surface area (Å²) in [7, 11) is 0. The van der Waals surface area contributed by atoms with E-state index in [0.717, 1.165) is 12.0 Å². The quantitative estimate of drug-likeness (QED) is 0.840. The molecule has 1 amide bonds. The molecule has 2 aromatic rings. The van der Waals surface area contributed by atoms with Crippen molar-refractivity contribution in [3.05, 3.63) is 65.2 Å². The summed E-state index contributed by atoms with van der Waals surface area (Å²) >= 11 is 1.24. The van der Waals surface area contributed by atoms with E-state index in [2.05, 4.69) is 0 Å². The minimum Gasteiger partial charge on any atom is -0.295 e. The predicted octanol–water partition coefficient (Wildman–Crippen LogP) is 4.31. The lowest BCUT2D eigenvalue weighted by molar-refractivity contribution is -0.115. The van der Waals surface area contributed by atoms with E-state index < -0.39 is 17.0 Å². The molecule has 1 saturated heterocycles. The van der Waals surface area contributed by atoms with Gasteiger partial charge in [-0.2, -0.15) is 0 Å². The summed E-state index contributed by atoms with van der Waals surface area (Å²) in [6.45, 7) is 2.02. The monoisotopic (exact) mass is 319 g/mol. The van der Waals surface area contributed by atoms with Gasteiger partial charge >= 0.3 is 0 Å². The summed E-state index contributed by atoms with van der Waals surface area (Å²) in [6.07, 6.45) is 0.835. The van der Waals surface area contributed by atoms with Crippen molar-refractivity contribution < 1.29 is 13.6 Å². The molecule has 5 heteroatoms. The molecule has 1 unspecified atom stereocenters. The molecule has 3 rings (SSSR count). The van der Waals surface area contributed by atoms with Crippen LogP contribution in [0.2, 0.25) is 0 Å². The van der Waals surface area contributed by atoms with Gasteiger partial charge in [0, 0.05) is 5.69 Å². The lowest BCUT2D eigenvalue weighted by Gasteiger charge is -2.25. The number of aryl methyl sites for hydroxylation is 1. The van der Waals surface area contributed by atoms with Crippen molar-refractivity contribution >= 4 is 23.4 Å². The van der Waals surface area contributed by atoms with Crippen LogP contribution in [0.15, 0.2) is 42.5 Å². The summed E-state index contributed by atoms with van der Waals surface area (Å²) in [6, 6.07) is 11.3. The zero-order chi connectivity index (χ0) is 15.7. The Morgan fingerprint density at radius 1 is 1.18 bits per heavy atom. The molecule has 1 aliphatic rings. The third kappa shape index (κ3) is 2.61. The van der Waals surface area contributed by atoms with Gasteiger partial charge in [0.1, 0.15) is 17.0 Å². The van der Waals surface area contributed by atoms with Gasteiger partial charge in [0.25, 0.3) is 0 Å². The Morgan fingerprint density at radius 3 is 2.55 bits per heavy atom. The minimum absolute atomic E-state index is 0.0553. The van der Waals surface area contributed by atoms with Crippen molar-refractivity contribution in [3.63, 3.8) is 0 Å². The van der Waals surface area contributed by atoms with Crippen LogP contribution in [-0.2, 0) is 11.2 Å². The van der Waals surface area contributed by atoms with Gasteiger partial charge in [-0.05, 0) is 36.2 Å². The Labute approximate surface area is 132 Å². The number of nitrogens with zero attached hydrogens (tertiary/aromatic N) is 1. The number of hydrogen-bond donors (Lipinski definition) is 0. The van der Waals surface area contributed by atoms with Gasteiger partial charge in [-0.15, -0.1) is 11.8 Å². The van der Waals surface area contributed by atoms with Gasteiger partial charge in [-0.3, -0.25) is 9.69 Å². The molecular formula is C17H15F2NOS. The molecule has 1 aliphatic heterocycles. The van der Waals surface area contributed by atoms with Crippen molar-refractivity contribution in [3.8, 4) is 0 Å². The molecular weight excluding hydrogens is 304 g/mol. The molecule has 0 saturated carbocycles. The van der Waals surface area contributed by atoms with E-state index in [1.165, 1.54) is 34.9 Å². The van der Waals surface area contributed by atoms with E-state index in [1.807, 2.05) is 25.1 Å². The number of carbonyl (C=O) groups excluding carboxylic acids is 1. The molecule has 2 nitrogen and oxygen atoms in total. The van der Waals surface area contributed by atoms with E-state index in [0.29, 0.717) is 5.69 Å². The molecule has 0 radical (unpaired) electrons. The molecule has 1 fully saturated rings. The van der Waals surface area contributed by atoms with Crippen LogP contribution in [0.25, 0.3) is 0 Å². The average Bonchev–Trinajstić information content (AvgIpc) is 2.89. The maximum absolute atomic E-state index is 14.1. The zero-order valence-corrected chi connectivity index (χ0v) is 12.9. The number of anilines is 1. The van der Waals surface area contributed by atoms with E-state index in [1.54, 1.807) is 6.07 Å². The number of amides is 1. The van der Waals surface area contributed by atoms with Gasteiger partial charge in [0.15, 0.2) is 0 Å². The molecule has 0 aromatic heterocycles. The molecule has 22 heavy (non-hydrogen) atoms. The second-order valence-corrected chi connectivity index (χ2v) is 6.15. The van der Waals surface area contributed by atoms with Crippen LogP contribution in [-0.4, -0.2) is 11.7 Å². The largest absolute Gasteiger partial charge is 0.295 e. The Hall–Kier alpha value is -1.88. The summed E-state index contributed by atoms with van der Waals surface area (Å²) in [5, 5.41) is -0.666. The number of halogens is 2. The van der Waals surface area contributed by atoms with Crippen molar-refractivity contribution in [1.29, 1.82) is 0 Å². The SMILES string of the molecule is CCc1cccc(N2C(=O)CSC2c2c(F)cccc2F)c1. The van der Waals surface area contributed by atoms with E-state index in [9.17, 15) is 13.6 Å². The van der Waals surface area contributed by atoms with E-state index in [-0.39, 0.29) is 17.2 Å². The third-order valence-corrected chi connectivity index (χ3v) is 4.89. The van der Waals surface area contributed by atoms with Gasteiger partial charge in [0.05, 0.1) is 11.3 Å². The first kappa shape index (κ1) is 15.0. The maximum Gasteiger partial charge on any atom is 0.238 e. The number of carbonyl (C=O) groups is 1. The Kier molecular flexibility index (Phi) is 4.16. The van der Waals surface area contributed by atoms with Gasteiger partial charge in [0.2, 0.25) is 5.91 Å². The van der Waals surface area contributed by atoms with Crippen molar-refractivity contribution in [2.45, 2.75) is 18.7 Å². The average molecular weight is 319 g/mol. The van der Waals surface area contributed by atoms with Crippen LogP contribution < -0.4 is 4.90 Å². The van der Waals surface area contributed by atoms with Gasteiger partial charge in [-0.1, -0.05) is 25.1 Å². The van der Waals surface area contributed by atoms with Crippen LogP contribution in [0.3, 0.4) is 0 Å². The molecule has 114 valence electrons. The Morgan fingerprint density at radius 2 is 1.86 bits per heavy atom. The molecule has 1 atom stereocenters. The number of hydrogen-bond acceptors (Lipinski definition) is 2. The van der Waals surface area contributed by atoms with Gasteiger partial charge < -0.3 is 0 Å². The summed E-state index contributed by atoms with van der Waals surface area (Å²) < 4.78 is 28.1. The smallest absolute Gasteiger partial charge is 0.238 e. The van der Waals surface area contributed by atoms with Crippen LogP contribution in [0, 0.1) is 11.6 Å². The molecule has 0 bridgehead atoms. The predicted molar refractivity (Wildman–Crippen MR) is 84.9 cm³/mol. The lowest BCUT2D eigenvalue weighted by atomic mass is 10.1. The maximum atomic E-state index is 14.1. The van der Waals surface area contributed by atoms with Crippen LogP contribution >= 0.6 is 11.8 Å². The third-order valence-electron chi connectivity index (χ3n) is 3.71. The molecule has 1 heterocycles. The summed E-state index contributed by atoms with van der Waals surface area (Å²) in [4.78, 5) is 13.7. The molecule has 0 spiro atoms. The fraction of sp³-hybridized carbons (Fsp3) is 0.235. The molecule has 0 N–H and O–H groups in total. The van der Waals surface area contributed by atoms with Crippen LogP contribution in [0.1, 0.15) is 23.4 Å². The minimum atomic E-state index is -0.666. The standard InChI is InChI=1S/C17H15F2NOS/c1-2-11-5-3-6-12(9-11)20-15(21)10-22-17(20)16-13(18)7-4-8-14(16)19/h3-9,17H,2,10H2,1H3.